The molecule has 2 aromatic carbocycles. The number of amides is 1. The Morgan fingerprint density at radius 1 is 1.26 bits per heavy atom. The van der Waals surface area contributed by atoms with E-state index in [1.807, 2.05) is 12.2 Å². The van der Waals surface area contributed by atoms with Crippen molar-refractivity contribution in [2.24, 2.45) is 10.2 Å². The second-order valence-electron chi connectivity index (χ2n) is 8.12. The average Bonchev–Trinajstić information content (AvgIpc) is 3.10. The minimum Gasteiger partial charge on any atom is -0.505 e. The third-order valence-electron chi connectivity index (χ3n) is 5.56. The molecule has 1 aliphatic heterocycles. The van der Waals surface area contributed by atoms with Crippen molar-refractivity contribution in [1.29, 1.82) is 0 Å². The number of phenolic OH excluding ortho intramolecular Hbond substituents is 1. The van der Waals surface area contributed by atoms with E-state index < -0.39 is 17.7 Å². The fourth-order valence-corrected chi connectivity index (χ4v) is 3.73. The van der Waals surface area contributed by atoms with E-state index in [9.17, 15) is 24.2 Å². The lowest BCUT2D eigenvalue weighted by Gasteiger charge is -2.15. The van der Waals surface area contributed by atoms with Crippen LogP contribution in [-0.4, -0.2) is 38.5 Å². The van der Waals surface area contributed by atoms with Crippen LogP contribution in [0.4, 0.5) is 10.1 Å². The Morgan fingerprint density at radius 3 is 2.83 bits per heavy atom. The SMILES string of the molecule is C=C1/C=C\C(N2N=C(C)/C(=N/Nc3cc(F)cc(-c4cccc(C(=O)O)c4)c3O)C2=O)=C/CCC1. The summed E-state index contributed by atoms with van der Waals surface area (Å²) in [7, 11) is 0. The Bertz CT molecular complexity index is 1360. The normalized spacial score (nSPS) is 19.6. The molecular weight excluding hydrogens is 451 g/mol. The fourth-order valence-electron chi connectivity index (χ4n) is 3.73. The quantitative estimate of drug-likeness (QED) is 0.414. The molecule has 0 atom stereocenters. The van der Waals surface area contributed by atoms with E-state index in [1.165, 1.54) is 23.2 Å². The minimum atomic E-state index is -1.15. The topological polar surface area (TPSA) is 115 Å². The van der Waals surface area contributed by atoms with Gasteiger partial charge in [-0.15, -0.1) is 0 Å². The molecule has 35 heavy (non-hydrogen) atoms. The van der Waals surface area contributed by atoms with Crippen molar-refractivity contribution in [1.82, 2.24) is 5.01 Å². The molecule has 0 spiro atoms. The Hall–Kier alpha value is -4.53. The number of hydrazone groups is 2. The predicted octanol–water partition coefficient (Wildman–Crippen LogP) is 5.06. The van der Waals surface area contributed by atoms with Crippen LogP contribution in [0.25, 0.3) is 11.1 Å². The molecule has 0 radical (unpaired) electrons. The minimum absolute atomic E-state index is 0.00876. The zero-order valence-corrected chi connectivity index (χ0v) is 19.0. The largest absolute Gasteiger partial charge is 0.505 e. The van der Waals surface area contributed by atoms with E-state index in [1.54, 1.807) is 19.1 Å². The Labute approximate surface area is 201 Å². The van der Waals surface area contributed by atoms with Crippen molar-refractivity contribution in [3.05, 3.63) is 83.9 Å². The van der Waals surface area contributed by atoms with Crippen LogP contribution < -0.4 is 5.43 Å². The van der Waals surface area contributed by atoms with Gasteiger partial charge in [0.25, 0.3) is 0 Å². The first-order chi connectivity index (χ1) is 16.7. The number of nitrogens with one attached hydrogen (secondary N) is 1. The maximum Gasteiger partial charge on any atom is 0.335 e. The monoisotopic (exact) mass is 474 g/mol. The summed E-state index contributed by atoms with van der Waals surface area (Å²) >= 11 is 0. The maximum atomic E-state index is 14.4. The van der Waals surface area contributed by atoms with Crippen LogP contribution in [0.15, 0.2) is 82.7 Å². The first-order valence-electron chi connectivity index (χ1n) is 10.9. The van der Waals surface area contributed by atoms with Crippen LogP contribution in [0.2, 0.25) is 0 Å². The number of halogens is 1. The molecule has 2 aromatic rings. The molecular formula is C26H23FN4O4. The summed E-state index contributed by atoms with van der Waals surface area (Å²) in [6, 6.07) is 7.88. The van der Waals surface area contributed by atoms with Crippen LogP contribution in [0.3, 0.4) is 0 Å². The average molecular weight is 474 g/mol. The number of carboxylic acids is 1. The number of aromatic carboxylic acids is 1. The number of anilines is 1. The van der Waals surface area contributed by atoms with E-state index in [0.717, 1.165) is 37.0 Å². The van der Waals surface area contributed by atoms with E-state index >= 15 is 0 Å². The van der Waals surface area contributed by atoms with Gasteiger partial charge in [0.1, 0.15) is 17.3 Å². The summed E-state index contributed by atoms with van der Waals surface area (Å²) in [4.78, 5) is 24.3. The van der Waals surface area contributed by atoms with E-state index in [4.69, 9.17) is 0 Å². The first-order valence-corrected chi connectivity index (χ1v) is 10.9. The van der Waals surface area contributed by atoms with E-state index in [2.05, 4.69) is 22.2 Å². The van der Waals surface area contributed by atoms with E-state index in [-0.39, 0.29) is 28.3 Å². The molecule has 0 saturated carbocycles. The third kappa shape index (κ3) is 5.03. The summed E-state index contributed by atoms with van der Waals surface area (Å²) < 4.78 is 14.4. The summed E-state index contributed by atoms with van der Waals surface area (Å²) in [5.74, 6) is -2.65. The molecule has 2 aliphatic rings. The lowest BCUT2D eigenvalue weighted by Crippen LogP contribution is -2.27. The number of allylic oxidation sites excluding steroid dienone is 4. The molecule has 0 aromatic heterocycles. The summed E-state index contributed by atoms with van der Waals surface area (Å²) in [6.07, 6.45) is 8.11. The number of rotatable bonds is 5. The molecule has 0 unspecified atom stereocenters. The number of hydrogen-bond donors (Lipinski definition) is 3. The van der Waals surface area contributed by atoms with Gasteiger partial charge in [-0.25, -0.2) is 9.18 Å². The summed E-state index contributed by atoms with van der Waals surface area (Å²) in [6.45, 7) is 5.60. The number of carbonyl (C=O) groups excluding carboxylic acids is 1. The van der Waals surface area contributed by atoms with Crippen LogP contribution in [0.1, 0.15) is 36.5 Å². The molecule has 1 amide bonds. The number of nitrogens with zero attached hydrogens (tertiary/aromatic N) is 3. The lowest BCUT2D eigenvalue weighted by molar-refractivity contribution is -0.121. The number of carboxylic acid groups (broad SMARTS) is 1. The highest BCUT2D eigenvalue weighted by atomic mass is 19.1. The maximum absolute atomic E-state index is 14.4. The lowest BCUT2D eigenvalue weighted by atomic mass is 10.0. The van der Waals surface area contributed by atoms with Gasteiger partial charge >= 0.3 is 11.9 Å². The molecule has 3 N–H and O–H groups in total. The van der Waals surface area contributed by atoms with Gasteiger partial charge in [-0.1, -0.05) is 36.4 Å². The molecule has 0 saturated heterocycles. The van der Waals surface area contributed by atoms with E-state index in [0.29, 0.717) is 17.0 Å². The highest BCUT2D eigenvalue weighted by molar-refractivity contribution is 6.68. The van der Waals surface area contributed by atoms with Crippen molar-refractivity contribution in [2.45, 2.75) is 26.2 Å². The van der Waals surface area contributed by atoms with Crippen LogP contribution >= 0.6 is 0 Å². The number of hydrogen-bond acceptors (Lipinski definition) is 6. The summed E-state index contributed by atoms with van der Waals surface area (Å²) in [5.41, 5.74) is 4.77. The van der Waals surface area contributed by atoms with Gasteiger partial charge in [0.15, 0.2) is 5.71 Å². The second-order valence-corrected chi connectivity index (χ2v) is 8.12. The Balaban J connectivity index is 1.62. The standard InChI is InChI=1S/C26H23FN4O4/c1-15-6-3-4-9-20(11-10-15)31-25(33)23(16(2)30-31)29-28-22-14-19(27)13-21(24(22)32)17-7-5-8-18(12-17)26(34)35/h5,7-14,28,32H,1,3-4,6H2,2H3,(H,34,35)/b11-10-,20-9+,29-23-. The second kappa shape index (κ2) is 9.76. The van der Waals surface area contributed by atoms with Crippen LogP contribution in [0, 0.1) is 5.82 Å². The highest BCUT2D eigenvalue weighted by Crippen LogP contribution is 2.37. The van der Waals surface area contributed by atoms with Crippen molar-refractivity contribution in [2.75, 3.05) is 5.43 Å². The van der Waals surface area contributed by atoms with Crippen molar-refractivity contribution in [3.63, 3.8) is 0 Å². The van der Waals surface area contributed by atoms with Crippen molar-refractivity contribution >= 4 is 29.0 Å². The molecule has 8 nitrogen and oxygen atoms in total. The predicted molar refractivity (Wildman–Crippen MR) is 132 cm³/mol. The van der Waals surface area contributed by atoms with Crippen LogP contribution in [0.5, 0.6) is 5.75 Å². The molecule has 178 valence electrons. The van der Waals surface area contributed by atoms with Gasteiger partial charge < -0.3 is 10.2 Å². The number of phenols is 1. The Kier molecular flexibility index (Phi) is 6.59. The van der Waals surface area contributed by atoms with Crippen molar-refractivity contribution < 1.29 is 24.2 Å². The van der Waals surface area contributed by atoms with Gasteiger partial charge in [-0.3, -0.25) is 10.2 Å². The molecule has 9 heteroatoms. The van der Waals surface area contributed by atoms with Gasteiger partial charge in [0.05, 0.1) is 17.0 Å². The van der Waals surface area contributed by atoms with Gasteiger partial charge in [0, 0.05) is 11.6 Å². The van der Waals surface area contributed by atoms with Gasteiger partial charge in [-0.05, 0) is 56.0 Å². The highest BCUT2D eigenvalue weighted by Gasteiger charge is 2.31. The number of benzene rings is 2. The molecule has 1 aliphatic carbocycles. The third-order valence-corrected chi connectivity index (χ3v) is 5.56. The fraction of sp³-hybridized carbons (Fsp3) is 0.154. The first kappa shape index (κ1) is 23.6. The zero-order chi connectivity index (χ0) is 25.1. The van der Waals surface area contributed by atoms with Crippen molar-refractivity contribution in [3.8, 4) is 16.9 Å². The van der Waals surface area contributed by atoms with Gasteiger partial charge in [0.2, 0.25) is 0 Å². The summed E-state index contributed by atoms with van der Waals surface area (Å²) in [5, 5.41) is 29.6. The molecule has 0 bridgehead atoms. The smallest absolute Gasteiger partial charge is 0.335 e. The molecule has 0 fully saturated rings. The Morgan fingerprint density at radius 2 is 2.06 bits per heavy atom. The van der Waals surface area contributed by atoms with Gasteiger partial charge in [-0.2, -0.15) is 15.2 Å². The molecule has 4 rings (SSSR count). The zero-order valence-electron chi connectivity index (χ0n) is 19.0. The number of aromatic hydroxyl groups is 1. The number of carbonyl (C=O) groups is 2. The molecule has 1 heterocycles. The van der Waals surface area contributed by atoms with Crippen LogP contribution in [-0.2, 0) is 4.79 Å².